The molecular weight excluding hydrogens is 1350 g/mol. The molecule has 28 nitrogen and oxygen atoms in total. The van der Waals surface area contributed by atoms with Crippen LogP contribution in [0.3, 0.4) is 0 Å². The molecule has 1 aliphatic heterocycles. The van der Waals surface area contributed by atoms with Crippen LogP contribution in [0.1, 0.15) is 164 Å². The molecule has 0 aromatic rings. The van der Waals surface area contributed by atoms with Crippen LogP contribution in [-0.2, 0) is 53.1 Å². The second kappa shape index (κ2) is 52.3. The lowest BCUT2D eigenvalue weighted by Crippen LogP contribution is -2.54. The number of nitrogens with zero attached hydrogens (tertiary/aromatic N) is 4. The molecule has 0 aromatic carbocycles. The van der Waals surface area contributed by atoms with Crippen molar-refractivity contribution in [2.24, 2.45) is 21.7 Å². The van der Waals surface area contributed by atoms with E-state index in [1.54, 1.807) is 0 Å². The van der Waals surface area contributed by atoms with Gasteiger partial charge in [0.05, 0.1) is 0 Å². The Morgan fingerprint density at radius 2 is 0.440 bits per heavy atom. The summed E-state index contributed by atoms with van der Waals surface area (Å²) in [5, 5.41) is 27.5. The zero-order valence-electron chi connectivity index (χ0n) is 66.6. The first-order valence-corrected chi connectivity index (χ1v) is 45.9. The van der Waals surface area contributed by atoms with Crippen LogP contribution in [0.25, 0.3) is 0 Å². The minimum absolute atomic E-state index is 0.223. The van der Waals surface area contributed by atoms with Gasteiger partial charge in [-0.2, -0.15) is 0 Å². The third-order valence-corrected chi connectivity index (χ3v) is 29.0. The Hall–Kier alpha value is -2.69. The first-order valence-electron chi connectivity index (χ1n) is 38.1. The summed E-state index contributed by atoms with van der Waals surface area (Å²) < 4.78 is 73.7. The Kier molecular flexibility index (Phi) is 49.9. The van der Waals surface area contributed by atoms with Crippen molar-refractivity contribution in [3.05, 3.63) is 0 Å². The summed E-state index contributed by atoms with van der Waals surface area (Å²) in [5.41, 5.74) is -1.61. The molecule has 0 aromatic heterocycles. The van der Waals surface area contributed by atoms with Gasteiger partial charge in [0.2, 0.25) is 0 Å². The number of amides is 8. The van der Waals surface area contributed by atoms with E-state index in [0.29, 0.717) is 234 Å². The van der Waals surface area contributed by atoms with Gasteiger partial charge in [0.15, 0.2) is 0 Å². The van der Waals surface area contributed by atoms with Crippen molar-refractivity contribution >= 4 is 59.3 Å². The number of nitrogens with one attached hydrogen (secondary N) is 8. The monoisotopic (exact) mass is 1500 g/mol. The maximum atomic E-state index is 14.6. The molecule has 1 rings (SSSR count). The molecule has 0 unspecified atom stereocenters. The Balaban J connectivity index is 3.82. The number of carbonyl (C=O) groups is 4. The predicted octanol–water partition coefficient (Wildman–Crippen LogP) is 8.26. The molecule has 1 saturated heterocycles. The van der Waals surface area contributed by atoms with Gasteiger partial charge < -0.3 is 115 Å². The number of hydrogen-bond acceptors (Lipinski definition) is 20. The average Bonchev–Trinajstić information content (AvgIpc) is 0.869. The maximum Gasteiger partial charge on any atom is 0.500 e. The fourth-order valence-electron chi connectivity index (χ4n) is 12.3. The Morgan fingerprint density at radius 1 is 0.290 bits per heavy atom. The molecule has 32 heteroatoms. The lowest BCUT2D eigenvalue weighted by Gasteiger charge is -2.37. The van der Waals surface area contributed by atoms with Gasteiger partial charge in [-0.1, -0.05) is 55.4 Å². The molecule has 0 saturated carbocycles. The van der Waals surface area contributed by atoms with Crippen LogP contribution in [0, 0.1) is 21.7 Å². The minimum atomic E-state index is -2.95. The molecule has 8 N–H and O–H groups in total. The Bertz CT molecular complexity index is 1800. The van der Waals surface area contributed by atoms with Crippen molar-refractivity contribution in [3.63, 3.8) is 0 Å². The van der Waals surface area contributed by atoms with Crippen LogP contribution in [0.2, 0.25) is 24.2 Å². The minimum Gasteiger partial charge on any atom is -0.374 e. The fraction of sp³-hybridized carbons (Fsp3) is 0.941. The van der Waals surface area contributed by atoms with Gasteiger partial charge >= 0.3 is 59.3 Å². The normalized spacial score (nSPS) is 18.0. The van der Waals surface area contributed by atoms with Gasteiger partial charge in [-0.05, 0) is 130 Å². The summed E-state index contributed by atoms with van der Waals surface area (Å²) in [4.78, 5) is 65.9. The van der Waals surface area contributed by atoms with E-state index in [9.17, 15) is 19.2 Å². The number of rotatable bonds is 40. The topological polar surface area (TPSA) is 288 Å². The Labute approximate surface area is 611 Å². The zero-order valence-corrected chi connectivity index (χ0v) is 70.6. The summed E-state index contributed by atoms with van der Waals surface area (Å²) in [6, 6.07) is 1.32. The molecule has 1 aliphatic rings. The first kappa shape index (κ1) is 95.3. The molecular formula is C68H148N12O16Si4. The van der Waals surface area contributed by atoms with Gasteiger partial charge in [-0.3, -0.25) is 0 Å². The third-order valence-electron chi connectivity index (χ3n) is 16.4. The van der Waals surface area contributed by atoms with Gasteiger partial charge in [0.1, 0.15) is 0 Å². The van der Waals surface area contributed by atoms with E-state index in [1.807, 2.05) is 103 Å². The highest BCUT2D eigenvalue weighted by Crippen LogP contribution is 2.25. The van der Waals surface area contributed by atoms with Crippen molar-refractivity contribution in [2.75, 3.05) is 210 Å². The van der Waals surface area contributed by atoms with Crippen LogP contribution < -0.4 is 42.5 Å². The quantitative estimate of drug-likeness (QED) is 0.0212. The van der Waals surface area contributed by atoms with E-state index >= 15 is 0 Å². The van der Waals surface area contributed by atoms with E-state index in [0.717, 1.165) is 0 Å². The van der Waals surface area contributed by atoms with Gasteiger partial charge in [-0.25, -0.2) is 19.2 Å². The molecule has 100 heavy (non-hydrogen) atoms. The SMILES string of the molecule is CCO[Si](CCCNC(=O)N1CCN(C(=O)NCCC[Si](OCC)(OCC)OCC)CC(C)(C)CNCCNCC(C)(C)CN(C(=O)NCCC[Si](OCC)(OCC)OCC)CCN(C(=O)NCCC[Si](OCC)(OCC)OCC)CC(C)(C)CNCCNCC(C)(C)C1)(OCC)OCC. The average molecular weight is 1500 g/mol. The summed E-state index contributed by atoms with van der Waals surface area (Å²) in [6.45, 7) is 55.1. The van der Waals surface area contributed by atoms with E-state index in [-0.39, 0.29) is 50.3 Å². The standard InChI is InChI=1S/C68H148N12O16Si4/c1-21-85-97(86-22-2,87-23-3)49-33-37-73-61(81)77-45-46-78(62(82)74-38-34-50-98(88-24-4,89-25-5)90-26-6)58-66(15,16)54-71-43-44-72-56-68(19,20)60-80(64(84)76-40-36-52-100(94-30-10,95-31-11)96-32-12)48-47-79(59-67(17,18)55-70-42-41-69-53-65(13,14)57-77)63(83)75-39-35-51-99(91-27-7,92-28-8)93-29-9/h69-72H,21-60H2,1-20H3,(H,73,81)(H,74,82)(H,75,83)(H,76,84). The smallest absolute Gasteiger partial charge is 0.374 e. The molecule has 1 heterocycles. The molecule has 0 radical (unpaired) electrons. The van der Waals surface area contributed by atoms with Crippen molar-refractivity contribution in [1.82, 2.24) is 62.1 Å². The molecule has 8 amide bonds. The molecule has 0 spiro atoms. The van der Waals surface area contributed by atoms with E-state index in [2.05, 4.69) is 97.9 Å². The van der Waals surface area contributed by atoms with Crippen molar-refractivity contribution in [3.8, 4) is 0 Å². The number of carbonyl (C=O) groups excluding carboxylic acids is 4. The van der Waals surface area contributed by atoms with Crippen LogP contribution in [0.15, 0.2) is 0 Å². The largest absolute Gasteiger partial charge is 0.500 e. The van der Waals surface area contributed by atoms with Crippen LogP contribution in [0.4, 0.5) is 19.2 Å². The van der Waals surface area contributed by atoms with E-state index in [1.165, 1.54) is 0 Å². The van der Waals surface area contributed by atoms with Crippen LogP contribution in [0.5, 0.6) is 0 Å². The molecule has 0 bridgehead atoms. The number of hydrogen-bond donors (Lipinski definition) is 8. The lowest BCUT2D eigenvalue weighted by molar-refractivity contribution is 0.0700. The van der Waals surface area contributed by atoms with Gasteiger partial charge in [0, 0.05) is 234 Å². The molecule has 0 atom stereocenters. The third kappa shape index (κ3) is 40.1. The van der Waals surface area contributed by atoms with Crippen LogP contribution in [-0.4, -0.2) is 289 Å². The second-order valence-corrected chi connectivity index (χ2v) is 39.2. The second-order valence-electron chi connectivity index (χ2n) is 28.3. The number of urea groups is 4. The van der Waals surface area contributed by atoms with Gasteiger partial charge in [-0.15, -0.1) is 0 Å². The summed E-state index contributed by atoms with van der Waals surface area (Å²) in [6.07, 6.45) is 2.38. The molecule has 0 aliphatic carbocycles. The van der Waals surface area contributed by atoms with E-state index < -0.39 is 56.9 Å². The van der Waals surface area contributed by atoms with Crippen molar-refractivity contribution < 1.29 is 72.3 Å². The highest BCUT2D eigenvalue weighted by molar-refractivity contribution is 6.61. The van der Waals surface area contributed by atoms with Gasteiger partial charge in [0.25, 0.3) is 0 Å². The lowest BCUT2D eigenvalue weighted by atomic mass is 9.91. The molecule has 592 valence electrons. The van der Waals surface area contributed by atoms with Crippen molar-refractivity contribution in [2.45, 2.75) is 188 Å². The first-order chi connectivity index (χ1) is 47.5. The van der Waals surface area contributed by atoms with Crippen molar-refractivity contribution in [1.29, 1.82) is 0 Å². The fourth-order valence-corrected chi connectivity index (χ4v) is 22.7. The zero-order chi connectivity index (χ0) is 75.0. The summed E-state index contributed by atoms with van der Waals surface area (Å²) in [7, 11) is -11.8. The summed E-state index contributed by atoms with van der Waals surface area (Å²) >= 11 is 0. The maximum absolute atomic E-state index is 14.6. The highest BCUT2D eigenvalue weighted by atomic mass is 28.4. The highest BCUT2D eigenvalue weighted by Gasteiger charge is 2.43. The Morgan fingerprint density at radius 3 is 0.580 bits per heavy atom. The predicted molar refractivity (Wildman–Crippen MR) is 407 cm³/mol. The van der Waals surface area contributed by atoms with E-state index in [4.69, 9.17) is 53.1 Å². The molecule has 1 fully saturated rings. The summed E-state index contributed by atoms with van der Waals surface area (Å²) in [5.74, 6) is 0. The van der Waals surface area contributed by atoms with Crippen LogP contribution >= 0.6 is 0 Å².